The van der Waals surface area contributed by atoms with Crippen LogP contribution < -0.4 is 0 Å². The fraction of sp³-hybridized carbons (Fsp3) is 1.00. The van der Waals surface area contributed by atoms with Gasteiger partial charge in [0.1, 0.15) is 146 Å². The number of hydrogen-bond donors (Lipinski definition) is 21. The second-order valence-corrected chi connectivity index (χ2v) is 16.5. The molecule has 0 aliphatic carbocycles. The molecular formula is C36H64O31. The topological polar surface area (TPSA) is 517 Å². The highest BCUT2D eigenvalue weighted by Crippen LogP contribution is 2.36. The highest BCUT2D eigenvalue weighted by Gasteiger charge is 2.57. The molecule has 0 saturated carbocycles. The van der Waals surface area contributed by atoms with Crippen LogP contribution in [-0.4, -0.2) is 331 Å². The maximum absolute atomic E-state index is 11.2. The molecule has 0 aromatic carbocycles. The SMILES string of the molecule is OC[C@@H](O)[C@@H](O)[C@H](O[C@@H]1O[C@H](CO)[C@@H](O[C@@H]2O[C@H](CO)[C@@H](O[C@@H]3O[C@H](CO)[C@@H](O[C@@H]4O[C@H](CO)[C@@H](O[C@@H]5O[C@H](CO)[C@@H](O)[C@H](O)[C@@H]5O)[C@H](O)[C@@H]4O)[C@H](O)[C@@H]3O)[C@H](O)[C@@H]2O)[C@H](O)[C@@H]1O)[C@H](O)CO. The maximum atomic E-state index is 11.2. The Kier molecular flexibility index (Phi) is 21.1. The Hall–Kier alpha value is -1.24. The number of rotatable bonds is 20. The van der Waals surface area contributed by atoms with Crippen molar-refractivity contribution in [2.24, 2.45) is 0 Å². The Morgan fingerprint density at radius 3 is 0.881 bits per heavy atom. The van der Waals surface area contributed by atoms with E-state index in [0.29, 0.717) is 0 Å². The largest absolute Gasteiger partial charge is 0.394 e. The first-order chi connectivity index (χ1) is 31.7. The predicted octanol–water partition coefficient (Wildman–Crippen LogP) is -14.5. The summed E-state index contributed by atoms with van der Waals surface area (Å²) >= 11 is 0. The Balaban J connectivity index is 1.22. The Morgan fingerprint density at radius 1 is 0.313 bits per heavy atom. The van der Waals surface area contributed by atoms with Crippen LogP contribution in [0, 0.1) is 0 Å². The van der Waals surface area contributed by atoms with Crippen molar-refractivity contribution in [3.63, 3.8) is 0 Å². The molecule has 394 valence electrons. The van der Waals surface area contributed by atoms with Gasteiger partial charge in [-0.3, -0.25) is 0 Å². The van der Waals surface area contributed by atoms with Gasteiger partial charge in [-0.2, -0.15) is 0 Å². The van der Waals surface area contributed by atoms with Crippen LogP contribution >= 0.6 is 0 Å². The summed E-state index contributed by atoms with van der Waals surface area (Å²) in [6, 6.07) is 0. The van der Waals surface area contributed by atoms with Crippen molar-refractivity contribution in [2.45, 2.75) is 178 Å². The lowest BCUT2D eigenvalue weighted by atomic mass is 9.95. The number of aliphatic hydroxyl groups is 21. The molecule has 5 saturated heterocycles. The van der Waals surface area contributed by atoms with Crippen LogP contribution in [0.15, 0.2) is 0 Å². The smallest absolute Gasteiger partial charge is 0.187 e. The van der Waals surface area contributed by atoms with Crippen molar-refractivity contribution >= 4 is 0 Å². The molecule has 0 amide bonds. The van der Waals surface area contributed by atoms with Gasteiger partial charge in [0.15, 0.2) is 31.5 Å². The van der Waals surface area contributed by atoms with Crippen molar-refractivity contribution in [1.82, 2.24) is 0 Å². The van der Waals surface area contributed by atoms with Crippen LogP contribution in [0.5, 0.6) is 0 Å². The summed E-state index contributed by atoms with van der Waals surface area (Å²) in [5.41, 5.74) is 0. The summed E-state index contributed by atoms with van der Waals surface area (Å²) < 4.78 is 55.2. The second-order valence-electron chi connectivity index (χ2n) is 16.5. The first-order valence-electron chi connectivity index (χ1n) is 21.1. The zero-order chi connectivity index (χ0) is 49.8. The summed E-state index contributed by atoms with van der Waals surface area (Å²) in [5.74, 6) is 0. The lowest BCUT2D eigenvalue weighted by Gasteiger charge is -2.49. The van der Waals surface area contributed by atoms with Gasteiger partial charge < -0.3 is 155 Å². The van der Waals surface area contributed by atoms with Crippen molar-refractivity contribution in [1.29, 1.82) is 0 Å². The molecular weight excluding hydrogens is 928 g/mol. The van der Waals surface area contributed by atoms with Crippen LogP contribution in [0.2, 0.25) is 0 Å². The molecule has 0 radical (unpaired) electrons. The molecule has 31 heteroatoms. The first-order valence-corrected chi connectivity index (χ1v) is 21.1. The molecule has 5 rings (SSSR count). The van der Waals surface area contributed by atoms with Crippen LogP contribution in [0.25, 0.3) is 0 Å². The molecule has 0 unspecified atom stereocenters. The second kappa shape index (κ2) is 24.9. The third-order valence-electron chi connectivity index (χ3n) is 12.1. The van der Waals surface area contributed by atoms with Gasteiger partial charge in [-0.05, 0) is 0 Å². The third-order valence-corrected chi connectivity index (χ3v) is 12.1. The van der Waals surface area contributed by atoms with Gasteiger partial charge >= 0.3 is 0 Å². The molecule has 5 aliphatic heterocycles. The maximum Gasteiger partial charge on any atom is 0.187 e. The number of hydrogen-bond acceptors (Lipinski definition) is 31. The van der Waals surface area contributed by atoms with Gasteiger partial charge in [-0.25, -0.2) is 0 Å². The van der Waals surface area contributed by atoms with Gasteiger partial charge in [0, 0.05) is 0 Å². The fourth-order valence-corrected chi connectivity index (χ4v) is 8.12. The van der Waals surface area contributed by atoms with Crippen molar-refractivity contribution in [3.05, 3.63) is 0 Å². The number of ether oxygens (including phenoxy) is 10. The minimum absolute atomic E-state index is 0.833. The van der Waals surface area contributed by atoms with Crippen LogP contribution in [-0.2, 0) is 47.4 Å². The highest BCUT2D eigenvalue weighted by molar-refractivity contribution is 4.99. The average molecular weight is 993 g/mol. The van der Waals surface area contributed by atoms with Gasteiger partial charge in [0.25, 0.3) is 0 Å². The van der Waals surface area contributed by atoms with E-state index in [1.807, 2.05) is 0 Å². The van der Waals surface area contributed by atoms with Crippen LogP contribution in [0.3, 0.4) is 0 Å². The molecule has 31 nitrogen and oxygen atoms in total. The van der Waals surface area contributed by atoms with Crippen LogP contribution in [0.4, 0.5) is 0 Å². The summed E-state index contributed by atoms with van der Waals surface area (Å²) in [6.45, 7) is -6.97. The Bertz CT molecular complexity index is 1450. The molecule has 21 N–H and O–H groups in total. The summed E-state index contributed by atoms with van der Waals surface area (Å²) in [5, 5.41) is 218. The quantitative estimate of drug-likeness (QED) is 0.0538. The lowest BCUT2D eigenvalue weighted by molar-refractivity contribution is -0.394. The minimum atomic E-state index is -2.19. The normalized spacial score (nSPS) is 48.4. The molecule has 0 aromatic heterocycles. The minimum Gasteiger partial charge on any atom is -0.394 e. The van der Waals surface area contributed by atoms with E-state index in [1.165, 1.54) is 0 Å². The first kappa shape index (κ1) is 56.7. The molecule has 5 fully saturated rings. The van der Waals surface area contributed by atoms with E-state index in [4.69, 9.17) is 47.4 Å². The molecule has 29 atom stereocenters. The van der Waals surface area contributed by atoms with Crippen molar-refractivity contribution < 1.29 is 155 Å². The van der Waals surface area contributed by atoms with E-state index in [9.17, 15) is 107 Å². The fourth-order valence-electron chi connectivity index (χ4n) is 8.12. The summed E-state index contributed by atoms with van der Waals surface area (Å²) in [4.78, 5) is 0. The third kappa shape index (κ3) is 12.2. The highest BCUT2D eigenvalue weighted by atomic mass is 16.8. The summed E-state index contributed by atoms with van der Waals surface area (Å²) in [6.07, 6.45) is -56.0. The molecule has 5 aliphatic rings. The van der Waals surface area contributed by atoms with Crippen molar-refractivity contribution in [2.75, 3.05) is 46.2 Å². The standard InChI is InChI=1S/C36H64O31/c37-1-8(44)15(46)27(9(45)2-38)63-33-23(54)18(49)29(11(4-40)59-33)65-35-25(56)20(51)31(13(6-42)61-35)67-36-26(57)21(52)30(14(7-43)62-36)66-34-24(55)19(50)28(12(5-41)60-34)64-32-22(53)17(48)16(47)10(3-39)58-32/h8-57H,1-7H2/t8-,9-,10-,11-,12-,13-,14-,15-,16-,17+,18-,19-,20-,21-,22+,23+,24+,25+,26+,27-,28-,29-,30-,31-,32+,33+,34+,35+,36+/m1/s1. The van der Waals surface area contributed by atoms with E-state index in [0.717, 1.165) is 0 Å². The zero-order valence-corrected chi connectivity index (χ0v) is 35.2. The molecule has 0 bridgehead atoms. The molecule has 5 heterocycles. The summed E-state index contributed by atoms with van der Waals surface area (Å²) in [7, 11) is 0. The lowest BCUT2D eigenvalue weighted by Crippen LogP contribution is -2.68. The van der Waals surface area contributed by atoms with Gasteiger partial charge in [0.2, 0.25) is 0 Å². The Morgan fingerprint density at radius 2 is 0.582 bits per heavy atom. The average Bonchev–Trinajstić information content (AvgIpc) is 3.33. The van der Waals surface area contributed by atoms with Gasteiger partial charge in [-0.1, -0.05) is 0 Å². The van der Waals surface area contributed by atoms with E-state index in [2.05, 4.69) is 0 Å². The van der Waals surface area contributed by atoms with Gasteiger partial charge in [-0.15, -0.1) is 0 Å². The predicted molar refractivity (Wildman–Crippen MR) is 201 cm³/mol. The molecule has 67 heavy (non-hydrogen) atoms. The molecule has 0 spiro atoms. The van der Waals surface area contributed by atoms with E-state index in [-0.39, 0.29) is 0 Å². The van der Waals surface area contributed by atoms with E-state index < -0.39 is 224 Å². The van der Waals surface area contributed by atoms with E-state index >= 15 is 0 Å². The number of aliphatic hydroxyl groups excluding tert-OH is 21. The van der Waals surface area contributed by atoms with Gasteiger partial charge in [0.05, 0.1) is 46.2 Å². The monoisotopic (exact) mass is 992 g/mol. The van der Waals surface area contributed by atoms with E-state index in [1.54, 1.807) is 0 Å². The Labute approximate surface area is 378 Å². The zero-order valence-electron chi connectivity index (χ0n) is 35.2. The van der Waals surface area contributed by atoms with Crippen LogP contribution in [0.1, 0.15) is 0 Å². The molecule has 0 aromatic rings. The van der Waals surface area contributed by atoms with Crippen molar-refractivity contribution in [3.8, 4) is 0 Å².